The van der Waals surface area contributed by atoms with Crippen molar-refractivity contribution in [3.8, 4) is 6.07 Å². The first-order valence-electron chi connectivity index (χ1n) is 11.8. The van der Waals surface area contributed by atoms with Gasteiger partial charge in [-0.3, -0.25) is 0 Å². The maximum Gasteiger partial charge on any atom is 0.146 e. The number of hydrogen-bond acceptors (Lipinski definition) is 3. The van der Waals surface area contributed by atoms with Crippen molar-refractivity contribution in [3.05, 3.63) is 11.6 Å². The molecule has 0 saturated heterocycles. The summed E-state index contributed by atoms with van der Waals surface area (Å²) in [6.45, 7) is 3.08. The van der Waals surface area contributed by atoms with E-state index in [9.17, 15) is 5.26 Å². The lowest BCUT2D eigenvalue weighted by molar-refractivity contribution is -0.154. The minimum atomic E-state index is 0.405. The van der Waals surface area contributed by atoms with Crippen LogP contribution in [0.1, 0.15) is 77.6 Å². The van der Waals surface area contributed by atoms with E-state index >= 15 is 0 Å². The largest absolute Gasteiger partial charge is 0.359 e. The molecule has 5 rings (SSSR count). The Kier molecular flexibility index (Phi) is 4.88. The van der Waals surface area contributed by atoms with E-state index in [0.29, 0.717) is 29.6 Å². The number of fused-ring (bicyclic) bond motifs is 4. The molecular formula is C25H37NO2. The Bertz CT molecular complexity index is 681. The number of ether oxygens (including phenoxy) is 2. The van der Waals surface area contributed by atoms with Gasteiger partial charge in [-0.15, -0.1) is 0 Å². The predicted molar refractivity (Wildman–Crippen MR) is 109 cm³/mol. The van der Waals surface area contributed by atoms with E-state index in [2.05, 4.69) is 19.1 Å². The Morgan fingerprint density at radius 1 is 1.07 bits per heavy atom. The van der Waals surface area contributed by atoms with Gasteiger partial charge >= 0.3 is 0 Å². The second-order valence-electron chi connectivity index (χ2n) is 10.8. The Morgan fingerprint density at radius 2 is 1.96 bits per heavy atom. The highest BCUT2D eigenvalue weighted by Gasteiger charge is 2.62. The average Bonchev–Trinajstić information content (AvgIpc) is 3.12. The van der Waals surface area contributed by atoms with E-state index in [1.165, 1.54) is 64.2 Å². The summed E-state index contributed by atoms with van der Waals surface area (Å²) in [5.74, 6) is 4.11. The molecule has 0 bridgehead atoms. The molecule has 5 aliphatic rings. The van der Waals surface area contributed by atoms with E-state index in [1.807, 2.05) is 0 Å². The van der Waals surface area contributed by atoms with Gasteiger partial charge in [-0.05, 0) is 111 Å². The molecule has 0 heterocycles. The molecule has 3 heteroatoms. The van der Waals surface area contributed by atoms with Gasteiger partial charge in [-0.2, -0.15) is 5.26 Å². The Labute approximate surface area is 170 Å². The third kappa shape index (κ3) is 2.67. The molecule has 8 atom stereocenters. The van der Waals surface area contributed by atoms with Crippen LogP contribution >= 0.6 is 0 Å². The molecule has 0 N–H and O–H groups in total. The summed E-state index contributed by atoms with van der Waals surface area (Å²) in [5.41, 5.74) is 2.13. The second-order valence-corrected chi connectivity index (χ2v) is 10.8. The first-order chi connectivity index (χ1) is 13.6. The van der Waals surface area contributed by atoms with Crippen LogP contribution in [0.25, 0.3) is 0 Å². The number of rotatable bonds is 3. The van der Waals surface area contributed by atoms with Crippen LogP contribution in [0, 0.1) is 51.8 Å². The third-order valence-electron chi connectivity index (χ3n) is 10.2. The van der Waals surface area contributed by atoms with E-state index in [0.717, 1.165) is 35.7 Å². The maximum atomic E-state index is 9.70. The fraction of sp³-hybridized carbons (Fsp3) is 0.880. The summed E-state index contributed by atoms with van der Waals surface area (Å²) in [4.78, 5) is 0. The zero-order chi connectivity index (χ0) is 19.4. The minimum Gasteiger partial charge on any atom is -0.359 e. The van der Waals surface area contributed by atoms with E-state index < -0.39 is 0 Å². The van der Waals surface area contributed by atoms with Gasteiger partial charge in [0.2, 0.25) is 0 Å². The second kappa shape index (κ2) is 7.13. The number of hydrogen-bond donors (Lipinski definition) is 0. The molecule has 1 spiro atoms. The zero-order valence-electron chi connectivity index (χ0n) is 17.8. The van der Waals surface area contributed by atoms with Crippen LogP contribution in [0.4, 0.5) is 0 Å². The molecular weight excluding hydrogens is 346 g/mol. The highest BCUT2D eigenvalue weighted by Crippen LogP contribution is 2.70. The lowest BCUT2D eigenvalue weighted by Gasteiger charge is -2.62. The van der Waals surface area contributed by atoms with Crippen molar-refractivity contribution >= 4 is 0 Å². The molecule has 3 unspecified atom stereocenters. The van der Waals surface area contributed by atoms with Gasteiger partial charge < -0.3 is 9.47 Å². The van der Waals surface area contributed by atoms with Crippen LogP contribution in [-0.2, 0) is 9.47 Å². The van der Waals surface area contributed by atoms with Crippen molar-refractivity contribution in [1.29, 1.82) is 5.26 Å². The molecule has 0 amide bonds. The highest BCUT2D eigenvalue weighted by atomic mass is 16.7. The molecule has 0 aromatic rings. The van der Waals surface area contributed by atoms with Crippen LogP contribution < -0.4 is 0 Å². The third-order valence-corrected chi connectivity index (χ3v) is 10.2. The smallest absolute Gasteiger partial charge is 0.146 e. The summed E-state index contributed by atoms with van der Waals surface area (Å²) >= 11 is 0. The van der Waals surface area contributed by atoms with Gasteiger partial charge in [-0.1, -0.05) is 13.0 Å². The predicted octanol–water partition coefficient (Wildman–Crippen LogP) is 5.86. The lowest BCUT2D eigenvalue weighted by atomic mass is 9.43. The summed E-state index contributed by atoms with van der Waals surface area (Å²) < 4.78 is 11.1. The van der Waals surface area contributed by atoms with Crippen LogP contribution in [0.15, 0.2) is 11.6 Å². The van der Waals surface area contributed by atoms with Crippen LogP contribution in [0.2, 0.25) is 0 Å². The molecule has 0 aliphatic heterocycles. The molecule has 5 aliphatic carbocycles. The summed E-state index contributed by atoms with van der Waals surface area (Å²) in [7, 11) is 1.73. The van der Waals surface area contributed by atoms with Crippen molar-refractivity contribution in [1.82, 2.24) is 0 Å². The Morgan fingerprint density at radius 3 is 2.79 bits per heavy atom. The molecule has 154 valence electrons. The van der Waals surface area contributed by atoms with Crippen molar-refractivity contribution < 1.29 is 9.47 Å². The van der Waals surface area contributed by atoms with E-state index in [-0.39, 0.29) is 0 Å². The van der Waals surface area contributed by atoms with Crippen molar-refractivity contribution in [2.45, 2.75) is 83.7 Å². The van der Waals surface area contributed by atoms with Gasteiger partial charge in [-0.25, -0.2) is 0 Å². The maximum absolute atomic E-state index is 9.70. The molecule has 0 aromatic heterocycles. The lowest BCUT2D eigenvalue weighted by Crippen LogP contribution is -2.55. The summed E-state index contributed by atoms with van der Waals surface area (Å²) in [6.07, 6.45) is 17.2. The van der Waals surface area contributed by atoms with Crippen LogP contribution in [0.3, 0.4) is 0 Å². The first-order valence-corrected chi connectivity index (χ1v) is 11.8. The van der Waals surface area contributed by atoms with Crippen LogP contribution in [0.5, 0.6) is 0 Å². The zero-order valence-corrected chi connectivity index (χ0v) is 17.8. The highest BCUT2D eigenvalue weighted by molar-refractivity contribution is 5.32. The average molecular weight is 384 g/mol. The molecule has 28 heavy (non-hydrogen) atoms. The van der Waals surface area contributed by atoms with Gasteiger partial charge in [0.05, 0.1) is 12.2 Å². The Hall–Kier alpha value is -0.850. The standard InChI is InChI=1S/C25H37NO2/c1-24-12-9-19(28-16-27-2)14-18(24)5-6-20-22(24)10-13-25-11-3-4-17(15-26)21(25)7-8-23(20)25/h4,18-23H,3,5-14,16H2,1-2H3/t18-,19+,20?,21+,22?,23?,24-,25+/m0/s1. The fourth-order valence-corrected chi connectivity index (χ4v) is 9.06. The fourth-order valence-electron chi connectivity index (χ4n) is 9.06. The number of nitriles is 1. The topological polar surface area (TPSA) is 42.2 Å². The van der Waals surface area contributed by atoms with E-state index in [1.54, 1.807) is 7.11 Å². The van der Waals surface area contributed by atoms with Crippen molar-refractivity contribution in [3.63, 3.8) is 0 Å². The molecule has 4 fully saturated rings. The first kappa shape index (κ1) is 19.1. The van der Waals surface area contributed by atoms with Gasteiger partial charge in [0.15, 0.2) is 0 Å². The van der Waals surface area contributed by atoms with Crippen molar-refractivity contribution in [2.75, 3.05) is 13.9 Å². The Balaban J connectivity index is 1.36. The molecule has 0 radical (unpaired) electrons. The molecule has 3 nitrogen and oxygen atoms in total. The number of allylic oxidation sites excluding steroid dienone is 2. The van der Waals surface area contributed by atoms with Gasteiger partial charge in [0.25, 0.3) is 0 Å². The summed E-state index contributed by atoms with van der Waals surface area (Å²) in [5, 5.41) is 9.70. The number of nitrogens with zero attached hydrogens (tertiary/aromatic N) is 1. The van der Waals surface area contributed by atoms with E-state index in [4.69, 9.17) is 9.47 Å². The monoisotopic (exact) mass is 383 g/mol. The quantitative estimate of drug-likeness (QED) is 0.573. The van der Waals surface area contributed by atoms with Gasteiger partial charge in [0.1, 0.15) is 6.79 Å². The summed E-state index contributed by atoms with van der Waals surface area (Å²) in [6, 6.07) is 2.59. The van der Waals surface area contributed by atoms with Crippen LogP contribution in [-0.4, -0.2) is 20.0 Å². The van der Waals surface area contributed by atoms with Crippen molar-refractivity contribution in [2.24, 2.45) is 40.4 Å². The van der Waals surface area contributed by atoms with Gasteiger partial charge in [0, 0.05) is 12.7 Å². The molecule has 4 saturated carbocycles. The SMILES string of the molecule is COCO[C@@H]1CC[C@]2(C)C3CC[C@]45CCC=C(C#N)[C@H]4CCC5C3CC[C@H]2C1. The number of methoxy groups -OCH3 is 1. The molecule has 0 aromatic carbocycles. The normalized spacial score (nSPS) is 49.8. The minimum absolute atomic E-state index is 0.405.